The molecule has 1 aromatic rings. The minimum atomic E-state index is 0.109. The number of nitrogens with zero attached hydrogens (tertiary/aromatic N) is 1. The number of rotatable bonds is 4. The molecule has 0 radical (unpaired) electrons. The molecule has 0 saturated heterocycles. The second-order valence-electron chi connectivity index (χ2n) is 6.22. The lowest BCUT2D eigenvalue weighted by atomic mass is 9.98. The van der Waals surface area contributed by atoms with Gasteiger partial charge in [0.15, 0.2) is 0 Å². The molecule has 0 aliphatic heterocycles. The highest BCUT2D eigenvalue weighted by Gasteiger charge is 2.67. The van der Waals surface area contributed by atoms with Gasteiger partial charge in [0.1, 0.15) is 5.75 Å². The van der Waals surface area contributed by atoms with Crippen molar-refractivity contribution in [2.45, 2.75) is 33.7 Å². The number of hydrogen-bond acceptors (Lipinski definition) is 4. The molecule has 0 spiro atoms. The molecular formula is C14H23N3O. The van der Waals surface area contributed by atoms with Gasteiger partial charge >= 0.3 is 0 Å². The molecule has 4 heteroatoms. The van der Waals surface area contributed by atoms with E-state index in [0.29, 0.717) is 5.92 Å². The molecule has 1 unspecified atom stereocenters. The molecule has 4 nitrogen and oxygen atoms in total. The highest BCUT2D eigenvalue weighted by Crippen LogP contribution is 2.72. The number of hydrogen-bond donors (Lipinski definition) is 2. The molecule has 1 atom stereocenters. The van der Waals surface area contributed by atoms with Crippen molar-refractivity contribution in [2.24, 2.45) is 22.6 Å². The minimum absolute atomic E-state index is 0.109. The lowest BCUT2D eigenvalue weighted by molar-refractivity contribution is 0.399. The molecule has 1 fully saturated rings. The zero-order valence-electron chi connectivity index (χ0n) is 11.8. The standard InChI is InChI=1S/C14H23N3O/c1-13(2)12(14(13,3)4)11(17-15)9-6-10(18-5)8-16-7-9/h6-8,11-12,17H,15H2,1-5H3. The van der Waals surface area contributed by atoms with Crippen molar-refractivity contribution in [2.75, 3.05) is 7.11 Å². The van der Waals surface area contributed by atoms with E-state index in [-0.39, 0.29) is 16.9 Å². The van der Waals surface area contributed by atoms with E-state index in [1.54, 1.807) is 13.3 Å². The summed E-state index contributed by atoms with van der Waals surface area (Å²) in [5.41, 5.74) is 4.57. The predicted octanol–water partition coefficient (Wildman–Crippen LogP) is 2.28. The van der Waals surface area contributed by atoms with E-state index in [1.807, 2.05) is 12.3 Å². The molecule has 0 bridgehead atoms. The molecule has 1 aromatic heterocycles. The Hall–Kier alpha value is -1.13. The molecule has 2 rings (SSSR count). The van der Waals surface area contributed by atoms with Gasteiger partial charge in [0, 0.05) is 6.20 Å². The van der Waals surface area contributed by atoms with Crippen LogP contribution < -0.4 is 16.0 Å². The van der Waals surface area contributed by atoms with Crippen LogP contribution in [0.1, 0.15) is 39.3 Å². The average Bonchev–Trinajstić information content (AvgIpc) is 2.73. The van der Waals surface area contributed by atoms with Gasteiger partial charge in [0.25, 0.3) is 0 Å². The van der Waals surface area contributed by atoms with E-state index in [2.05, 4.69) is 38.1 Å². The molecule has 0 aromatic carbocycles. The Morgan fingerprint density at radius 3 is 2.33 bits per heavy atom. The molecular weight excluding hydrogens is 226 g/mol. The molecule has 1 aliphatic rings. The van der Waals surface area contributed by atoms with Gasteiger partial charge < -0.3 is 4.74 Å². The van der Waals surface area contributed by atoms with Crippen LogP contribution in [0.5, 0.6) is 5.75 Å². The number of pyridine rings is 1. The quantitative estimate of drug-likeness (QED) is 0.635. The minimum Gasteiger partial charge on any atom is -0.495 e. The maximum Gasteiger partial charge on any atom is 0.137 e. The first-order valence-corrected chi connectivity index (χ1v) is 6.31. The lowest BCUT2D eigenvalue weighted by Gasteiger charge is -2.18. The van der Waals surface area contributed by atoms with Gasteiger partial charge in [0.2, 0.25) is 0 Å². The Balaban J connectivity index is 2.30. The highest BCUT2D eigenvalue weighted by molar-refractivity contribution is 5.30. The van der Waals surface area contributed by atoms with E-state index >= 15 is 0 Å². The normalized spacial score (nSPS) is 22.6. The summed E-state index contributed by atoms with van der Waals surface area (Å²) in [7, 11) is 1.65. The number of nitrogens with two attached hydrogens (primary N) is 1. The smallest absolute Gasteiger partial charge is 0.137 e. The summed E-state index contributed by atoms with van der Waals surface area (Å²) in [6.45, 7) is 9.15. The second kappa shape index (κ2) is 4.21. The van der Waals surface area contributed by atoms with Crippen molar-refractivity contribution in [3.63, 3.8) is 0 Å². The van der Waals surface area contributed by atoms with Gasteiger partial charge in [-0.15, -0.1) is 0 Å². The van der Waals surface area contributed by atoms with E-state index in [1.165, 1.54) is 0 Å². The highest BCUT2D eigenvalue weighted by atomic mass is 16.5. The third-order valence-corrected chi connectivity index (χ3v) is 4.97. The van der Waals surface area contributed by atoms with Crippen LogP contribution in [0.4, 0.5) is 0 Å². The summed E-state index contributed by atoms with van der Waals surface area (Å²) in [5.74, 6) is 7.02. The van der Waals surface area contributed by atoms with Gasteiger partial charge in [0.05, 0.1) is 19.3 Å². The van der Waals surface area contributed by atoms with Crippen molar-refractivity contribution in [3.8, 4) is 5.75 Å². The Morgan fingerprint density at radius 1 is 1.28 bits per heavy atom. The van der Waals surface area contributed by atoms with Gasteiger partial charge in [-0.3, -0.25) is 16.3 Å². The third kappa shape index (κ3) is 1.80. The zero-order chi connectivity index (χ0) is 13.6. The van der Waals surface area contributed by atoms with Crippen LogP contribution in [0.3, 0.4) is 0 Å². The summed E-state index contributed by atoms with van der Waals surface area (Å²) in [5, 5.41) is 0. The number of methoxy groups -OCH3 is 1. The summed E-state index contributed by atoms with van der Waals surface area (Å²) in [6.07, 6.45) is 3.57. The fraction of sp³-hybridized carbons (Fsp3) is 0.643. The molecule has 1 heterocycles. The van der Waals surface area contributed by atoms with Crippen LogP contribution in [-0.2, 0) is 0 Å². The summed E-state index contributed by atoms with van der Waals surface area (Å²) >= 11 is 0. The largest absolute Gasteiger partial charge is 0.495 e. The number of aromatic nitrogens is 1. The second-order valence-corrected chi connectivity index (χ2v) is 6.22. The predicted molar refractivity (Wildman–Crippen MR) is 71.9 cm³/mol. The fourth-order valence-corrected chi connectivity index (χ4v) is 3.18. The van der Waals surface area contributed by atoms with Crippen LogP contribution in [0.25, 0.3) is 0 Å². The topological polar surface area (TPSA) is 60.2 Å². The van der Waals surface area contributed by atoms with Crippen molar-refractivity contribution >= 4 is 0 Å². The van der Waals surface area contributed by atoms with Crippen LogP contribution in [0.2, 0.25) is 0 Å². The Bertz CT molecular complexity index is 428. The Morgan fingerprint density at radius 2 is 1.89 bits per heavy atom. The van der Waals surface area contributed by atoms with Crippen LogP contribution in [0, 0.1) is 16.7 Å². The molecule has 1 saturated carbocycles. The number of nitrogens with one attached hydrogen (secondary N) is 1. The maximum absolute atomic E-state index is 5.76. The number of ether oxygens (including phenoxy) is 1. The van der Waals surface area contributed by atoms with Crippen molar-refractivity contribution in [3.05, 3.63) is 24.0 Å². The van der Waals surface area contributed by atoms with Crippen molar-refractivity contribution < 1.29 is 4.74 Å². The average molecular weight is 249 g/mol. The van der Waals surface area contributed by atoms with Crippen LogP contribution in [0.15, 0.2) is 18.5 Å². The molecule has 1 aliphatic carbocycles. The lowest BCUT2D eigenvalue weighted by Crippen LogP contribution is -2.31. The SMILES string of the molecule is COc1cncc(C(NN)C2C(C)(C)C2(C)C)c1. The molecule has 3 N–H and O–H groups in total. The van der Waals surface area contributed by atoms with Crippen LogP contribution >= 0.6 is 0 Å². The van der Waals surface area contributed by atoms with E-state index in [4.69, 9.17) is 10.6 Å². The number of hydrazine groups is 1. The molecule has 100 valence electrons. The van der Waals surface area contributed by atoms with Crippen molar-refractivity contribution in [1.82, 2.24) is 10.4 Å². The first kappa shape index (κ1) is 13.3. The Kier molecular flexibility index (Phi) is 3.11. The van der Waals surface area contributed by atoms with Crippen LogP contribution in [-0.4, -0.2) is 12.1 Å². The third-order valence-electron chi connectivity index (χ3n) is 4.97. The van der Waals surface area contributed by atoms with Gasteiger partial charge in [-0.1, -0.05) is 27.7 Å². The Labute approximate surface area is 109 Å². The maximum atomic E-state index is 5.76. The summed E-state index contributed by atoms with van der Waals surface area (Å²) in [4.78, 5) is 4.21. The monoisotopic (exact) mass is 249 g/mol. The first-order chi connectivity index (χ1) is 8.36. The molecule has 0 amide bonds. The van der Waals surface area contributed by atoms with Crippen molar-refractivity contribution in [1.29, 1.82) is 0 Å². The molecule has 18 heavy (non-hydrogen) atoms. The fourth-order valence-electron chi connectivity index (χ4n) is 3.18. The van der Waals surface area contributed by atoms with E-state index in [0.717, 1.165) is 11.3 Å². The van der Waals surface area contributed by atoms with Gasteiger partial charge in [-0.25, -0.2) is 0 Å². The van der Waals surface area contributed by atoms with E-state index < -0.39 is 0 Å². The zero-order valence-corrected chi connectivity index (χ0v) is 11.8. The first-order valence-electron chi connectivity index (χ1n) is 6.31. The summed E-state index contributed by atoms with van der Waals surface area (Å²) < 4.78 is 5.22. The van der Waals surface area contributed by atoms with Gasteiger partial charge in [-0.05, 0) is 28.4 Å². The summed E-state index contributed by atoms with van der Waals surface area (Å²) in [6, 6.07) is 2.11. The van der Waals surface area contributed by atoms with E-state index in [9.17, 15) is 0 Å². The van der Waals surface area contributed by atoms with Gasteiger partial charge in [-0.2, -0.15) is 0 Å².